The molecule has 0 bridgehead atoms. The van der Waals surface area contributed by atoms with Gasteiger partial charge in [0.25, 0.3) is 0 Å². The van der Waals surface area contributed by atoms with E-state index < -0.39 is 0 Å². The first-order chi connectivity index (χ1) is 12.6. The normalized spacial score (nSPS) is 20.9. The number of Topliss-reactive ketones (excluding diaryl/α,β-unsaturated/α-hetero) is 2. The summed E-state index contributed by atoms with van der Waals surface area (Å²) in [7, 11) is 0. The summed E-state index contributed by atoms with van der Waals surface area (Å²) < 4.78 is 0. The first-order valence-corrected chi connectivity index (χ1v) is 9.86. The molecule has 2 aromatic carbocycles. The Hall–Kier alpha value is -2.22. The number of rotatable bonds is 4. The van der Waals surface area contributed by atoms with Crippen molar-refractivity contribution in [2.24, 2.45) is 11.3 Å². The molecule has 0 radical (unpaired) electrons. The zero-order valence-electron chi connectivity index (χ0n) is 17.1. The summed E-state index contributed by atoms with van der Waals surface area (Å²) in [5.74, 6) is 0.797. The van der Waals surface area contributed by atoms with Crippen LogP contribution in [0.2, 0.25) is 0 Å². The number of carbonyl (C=O) groups excluding carboxylic acids is 2. The van der Waals surface area contributed by atoms with Crippen LogP contribution in [0.4, 0.5) is 0 Å². The average molecular weight is 363 g/mol. The maximum Gasteiger partial charge on any atom is 0.159 e. The second kappa shape index (κ2) is 7.07. The Labute approximate surface area is 163 Å². The van der Waals surface area contributed by atoms with Gasteiger partial charge in [0.15, 0.2) is 11.6 Å². The molecule has 2 heteroatoms. The maximum atomic E-state index is 11.7. The largest absolute Gasteiger partial charge is 0.295 e. The summed E-state index contributed by atoms with van der Waals surface area (Å²) in [6, 6.07) is 16.3. The van der Waals surface area contributed by atoms with Crippen molar-refractivity contribution in [3.8, 4) is 0 Å². The summed E-state index contributed by atoms with van der Waals surface area (Å²) >= 11 is 0. The number of carbonyl (C=O) groups is 2. The van der Waals surface area contributed by atoms with Crippen molar-refractivity contribution in [2.75, 3.05) is 0 Å². The lowest BCUT2D eigenvalue weighted by molar-refractivity contribution is 0.100. The van der Waals surface area contributed by atoms with Gasteiger partial charge in [-0.25, -0.2) is 0 Å². The number of ketones is 2. The van der Waals surface area contributed by atoms with Crippen molar-refractivity contribution in [3.63, 3.8) is 0 Å². The minimum Gasteiger partial charge on any atom is -0.295 e. The molecule has 2 nitrogen and oxygen atoms in total. The Bertz CT molecular complexity index is 783. The standard InChI is InChI=1S/C25H30O2/c1-17-14-24(4,5)16-25(15-17,22-10-6-20(7-11-22)18(2)26)23-12-8-21(9-13-23)19(3)27/h6-13,17H,14-16H2,1-5H3. The second-order valence-electron chi connectivity index (χ2n) is 9.20. The van der Waals surface area contributed by atoms with Gasteiger partial charge in [0.05, 0.1) is 0 Å². The molecule has 0 spiro atoms. The van der Waals surface area contributed by atoms with Crippen molar-refractivity contribution in [1.82, 2.24) is 0 Å². The molecular weight excluding hydrogens is 332 g/mol. The molecule has 0 aliphatic heterocycles. The van der Waals surface area contributed by atoms with Crippen LogP contribution in [0, 0.1) is 11.3 Å². The lowest BCUT2D eigenvalue weighted by Gasteiger charge is -2.48. The topological polar surface area (TPSA) is 34.1 Å². The highest BCUT2D eigenvalue weighted by Gasteiger charge is 2.45. The molecule has 27 heavy (non-hydrogen) atoms. The van der Waals surface area contributed by atoms with E-state index in [-0.39, 0.29) is 22.4 Å². The van der Waals surface area contributed by atoms with Crippen molar-refractivity contribution >= 4 is 11.6 Å². The number of hydrogen-bond donors (Lipinski definition) is 0. The first kappa shape index (κ1) is 19.5. The summed E-state index contributed by atoms with van der Waals surface area (Å²) in [6.07, 6.45) is 3.35. The van der Waals surface area contributed by atoms with E-state index in [1.54, 1.807) is 13.8 Å². The quantitative estimate of drug-likeness (QED) is 0.605. The molecule has 0 saturated heterocycles. The van der Waals surface area contributed by atoms with E-state index in [1.807, 2.05) is 24.3 Å². The smallest absolute Gasteiger partial charge is 0.159 e. The third-order valence-electron chi connectivity index (χ3n) is 6.07. The van der Waals surface area contributed by atoms with Gasteiger partial charge in [-0.2, -0.15) is 0 Å². The molecule has 0 amide bonds. The van der Waals surface area contributed by atoms with Crippen LogP contribution in [-0.2, 0) is 5.41 Å². The molecular formula is C25H30O2. The average Bonchev–Trinajstić information content (AvgIpc) is 2.60. The lowest BCUT2D eigenvalue weighted by Crippen LogP contribution is -2.41. The summed E-state index contributed by atoms with van der Waals surface area (Å²) in [4.78, 5) is 23.4. The zero-order chi connectivity index (χ0) is 19.8. The predicted molar refractivity (Wildman–Crippen MR) is 110 cm³/mol. The second-order valence-corrected chi connectivity index (χ2v) is 9.20. The Morgan fingerprint density at radius 1 is 0.778 bits per heavy atom. The Balaban J connectivity index is 2.14. The third kappa shape index (κ3) is 3.90. The first-order valence-electron chi connectivity index (χ1n) is 9.86. The number of benzene rings is 2. The highest BCUT2D eigenvalue weighted by atomic mass is 16.1. The van der Waals surface area contributed by atoms with Gasteiger partial charge in [0.1, 0.15) is 0 Å². The van der Waals surface area contributed by atoms with Crippen molar-refractivity contribution < 1.29 is 9.59 Å². The van der Waals surface area contributed by atoms with Gasteiger partial charge in [0.2, 0.25) is 0 Å². The van der Waals surface area contributed by atoms with E-state index >= 15 is 0 Å². The van der Waals surface area contributed by atoms with E-state index in [0.29, 0.717) is 5.92 Å². The molecule has 1 saturated carbocycles. The Kier molecular flexibility index (Phi) is 5.12. The summed E-state index contributed by atoms with van der Waals surface area (Å²) in [5, 5.41) is 0. The SMILES string of the molecule is CC(=O)c1ccc(C2(c3ccc(C(C)=O)cc3)CC(C)CC(C)(C)C2)cc1. The van der Waals surface area contributed by atoms with Gasteiger partial charge in [-0.3, -0.25) is 9.59 Å². The van der Waals surface area contributed by atoms with E-state index in [4.69, 9.17) is 0 Å². The van der Waals surface area contributed by atoms with Crippen LogP contribution in [-0.4, -0.2) is 11.6 Å². The zero-order valence-corrected chi connectivity index (χ0v) is 17.1. The van der Waals surface area contributed by atoms with Gasteiger partial charge in [-0.05, 0) is 55.6 Å². The third-order valence-corrected chi connectivity index (χ3v) is 6.07. The van der Waals surface area contributed by atoms with Crippen LogP contribution < -0.4 is 0 Å². The Morgan fingerprint density at radius 3 is 1.52 bits per heavy atom. The fourth-order valence-corrected chi connectivity index (χ4v) is 5.23. The van der Waals surface area contributed by atoms with Crippen molar-refractivity contribution in [2.45, 2.75) is 59.3 Å². The molecule has 0 N–H and O–H groups in total. The van der Waals surface area contributed by atoms with Crippen molar-refractivity contribution in [3.05, 3.63) is 70.8 Å². The van der Waals surface area contributed by atoms with Gasteiger partial charge in [-0.1, -0.05) is 69.3 Å². The molecule has 1 atom stereocenters. The molecule has 1 aliphatic rings. The monoisotopic (exact) mass is 362 g/mol. The Morgan fingerprint density at radius 2 is 1.19 bits per heavy atom. The van der Waals surface area contributed by atoms with E-state index in [9.17, 15) is 9.59 Å². The van der Waals surface area contributed by atoms with E-state index in [2.05, 4.69) is 45.0 Å². The van der Waals surface area contributed by atoms with Gasteiger partial charge >= 0.3 is 0 Å². The van der Waals surface area contributed by atoms with Crippen LogP contribution in [0.25, 0.3) is 0 Å². The molecule has 3 rings (SSSR count). The van der Waals surface area contributed by atoms with Crippen LogP contribution in [0.1, 0.15) is 85.7 Å². The molecule has 0 aromatic heterocycles. The maximum absolute atomic E-state index is 11.7. The number of hydrogen-bond acceptors (Lipinski definition) is 2. The fourth-order valence-electron chi connectivity index (χ4n) is 5.23. The molecule has 1 unspecified atom stereocenters. The van der Waals surface area contributed by atoms with Crippen LogP contribution in [0.5, 0.6) is 0 Å². The minimum atomic E-state index is -0.0915. The molecule has 142 valence electrons. The summed E-state index contributed by atoms with van der Waals surface area (Å²) in [5.41, 5.74) is 4.18. The molecule has 0 heterocycles. The predicted octanol–water partition coefficient (Wildman–Crippen LogP) is 6.22. The van der Waals surface area contributed by atoms with E-state index in [1.165, 1.54) is 17.5 Å². The van der Waals surface area contributed by atoms with Crippen molar-refractivity contribution in [1.29, 1.82) is 0 Å². The highest BCUT2D eigenvalue weighted by molar-refractivity contribution is 5.94. The lowest BCUT2D eigenvalue weighted by atomic mass is 9.55. The summed E-state index contributed by atoms with van der Waals surface area (Å²) in [6.45, 7) is 10.3. The highest BCUT2D eigenvalue weighted by Crippen LogP contribution is 2.53. The molecule has 1 aliphatic carbocycles. The van der Waals surface area contributed by atoms with Gasteiger partial charge in [-0.15, -0.1) is 0 Å². The van der Waals surface area contributed by atoms with Gasteiger partial charge in [0, 0.05) is 16.5 Å². The van der Waals surface area contributed by atoms with Crippen LogP contribution in [0.3, 0.4) is 0 Å². The molecule has 2 aromatic rings. The van der Waals surface area contributed by atoms with Crippen LogP contribution >= 0.6 is 0 Å². The minimum absolute atomic E-state index is 0.0915. The van der Waals surface area contributed by atoms with E-state index in [0.717, 1.165) is 24.0 Å². The van der Waals surface area contributed by atoms with Gasteiger partial charge < -0.3 is 0 Å². The fraction of sp³-hybridized carbons (Fsp3) is 0.440. The van der Waals surface area contributed by atoms with Crippen LogP contribution in [0.15, 0.2) is 48.5 Å². The molecule has 1 fully saturated rings.